The van der Waals surface area contributed by atoms with E-state index < -0.39 is 0 Å². The van der Waals surface area contributed by atoms with Crippen molar-refractivity contribution in [3.8, 4) is 0 Å². The van der Waals surface area contributed by atoms with E-state index in [1.807, 2.05) is 19.1 Å². The van der Waals surface area contributed by atoms with Gasteiger partial charge in [0.15, 0.2) is 0 Å². The summed E-state index contributed by atoms with van der Waals surface area (Å²) in [5, 5.41) is 9.28. The number of unbranched alkanes of at least 4 members (excludes halogenated alkanes) is 4. The Morgan fingerprint density at radius 2 is 1.86 bits per heavy atom. The summed E-state index contributed by atoms with van der Waals surface area (Å²) in [5.74, 6) is 0.468. The number of pyridine rings is 1. The lowest BCUT2D eigenvalue weighted by molar-refractivity contribution is -0.122. The smallest absolute Gasteiger partial charge is 0.267 e. The van der Waals surface area contributed by atoms with Crippen LogP contribution in [0.2, 0.25) is 0 Å². The van der Waals surface area contributed by atoms with Crippen molar-refractivity contribution in [2.24, 2.45) is 0 Å². The van der Waals surface area contributed by atoms with Gasteiger partial charge in [0.2, 0.25) is 0 Å². The van der Waals surface area contributed by atoms with Gasteiger partial charge < -0.3 is 10.0 Å². The molecule has 0 radical (unpaired) electrons. The SMILES string of the molecule is CCCCCCCN1C(=O)C(=Cc2c(N3CCN(CCO)CC3)nc3c(C)cccn3c2=O)SC1=S. The molecule has 2 aliphatic heterocycles. The number of aromatic nitrogens is 2. The molecule has 194 valence electrons. The Morgan fingerprint density at radius 1 is 1.11 bits per heavy atom. The van der Waals surface area contributed by atoms with Crippen molar-refractivity contribution in [2.75, 3.05) is 50.8 Å². The molecule has 10 heteroatoms. The second-order valence-corrected chi connectivity index (χ2v) is 11.0. The summed E-state index contributed by atoms with van der Waals surface area (Å²) in [4.78, 5) is 38.3. The number of fused-ring (bicyclic) bond motifs is 1. The van der Waals surface area contributed by atoms with Crippen LogP contribution >= 0.6 is 24.0 Å². The number of β-amino-alcohol motifs (C(OH)–C–C–N with tert-alkyl or cyclic N) is 1. The zero-order chi connectivity index (χ0) is 25.7. The fourth-order valence-corrected chi connectivity index (χ4v) is 5.98. The Labute approximate surface area is 222 Å². The highest BCUT2D eigenvalue weighted by Crippen LogP contribution is 2.34. The summed E-state index contributed by atoms with van der Waals surface area (Å²) in [6.07, 6.45) is 8.95. The van der Waals surface area contributed by atoms with Gasteiger partial charge in [0.05, 0.1) is 17.1 Å². The third-order valence-corrected chi connectivity index (χ3v) is 8.16. The Bertz CT molecular complexity index is 1200. The molecule has 2 saturated heterocycles. The van der Waals surface area contributed by atoms with Crippen molar-refractivity contribution in [2.45, 2.75) is 46.0 Å². The van der Waals surface area contributed by atoms with Crippen LogP contribution < -0.4 is 10.5 Å². The van der Waals surface area contributed by atoms with Gasteiger partial charge >= 0.3 is 0 Å². The molecule has 0 atom stereocenters. The maximum atomic E-state index is 13.7. The molecule has 0 bridgehead atoms. The summed E-state index contributed by atoms with van der Waals surface area (Å²) in [6.45, 7) is 8.41. The molecule has 0 aromatic carbocycles. The van der Waals surface area contributed by atoms with E-state index in [1.165, 1.54) is 24.6 Å². The summed E-state index contributed by atoms with van der Waals surface area (Å²) >= 11 is 6.79. The van der Waals surface area contributed by atoms with E-state index in [4.69, 9.17) is 17.2 Å². The molecule has 2 fully saturated rings. The minimum Gasteiger partial charge on any atom is -0.395 e. The molecule has 2 aromatic heterocycles. The number of carbonyl (C=O) groups excluding carboxylic acids is 1. The predicted molar refractivity (Wildman–Crippen MR) is 151 cm³/mol. The molecule has 0 spiro atoms. The van der Waals surface area contributed by atoms with Gasteiger partial charge in [0.1, 0.15) is 15.8 Å². The lowest BCUT2D eigenvalue weighted by Crippen LogP contribution is -2.48. The highest BCUT2D eigenvalue weighted by Gasteiger charge is 2.33. The number of thioether (sulfide) groups is 1. The number of hydrogen-bond donors (Lipinski definition) is 1. The topological polar surface area (TPSA) is 81.4 Å². The van der Waals surface area contributed by atoms with Gasteiger partial charge in [-0.25, -0.2) is 4.98 Å². The van der Waals surface area contributed by atoms with Gasteiger partial charge in [-0.2, -0.15) is 0 Å². The number of piperazine rings is 1. The Hall–Kier alpha value is -2.27. The minimum absolute atomic E-state index is 0.125. The molecule has 4 heterocycles. The number of rotatable bonds is 10. The number of aryl methyl sites for hydroxylation is 1. The lowest BCUT2D eigenvalue weighted by atomic mass is 10.1. The van der Waals surface area contributed by atoms with Crippen molar-refractivity contribution in [1.29, 1.82) is 0 Å². The highest BCUT2D eigenvalue weighted by atomic mass is 32.2. The van der Waals surface area contributed by atoms with E-state index in [2.05, 4.69) is 16.7 Å². The molecule has 2 aromatic rings. The molecule has 4 rings (SSSR count). The predicted octanol–water partition coefficient (Wildman–Crippen LogP) is 3.29. The molecular formula is C26H35N5O3S2. The van der Waals surface area contributed by atoms with Crippen LogP contribution in [0.3, 0.4) is 0 Å². The van der Waals surface area contributed by atoms with E-state index in [-0.39, 0.29) is 18.1 Å². The lowest BCUT2D eigenvalue weighted by Gasteiger charge is -2.35. The van der Waals surface area contributed by atoms with Gasteiger partial charge in [0.25, 0.3) is 11.5 Å². The maximum Gasteiger partial charge on any atom is 0.267 e. The van der Waals surface area contributed by atoms with Crippen LogP contribution in [0, 0.1) is 6.92 Å². The number of amides is 1. The molecule has 1 amide bonds. The van der Waals surface area contributed by atoms with Crippen molar-refractivity contribution in [1.82, 2.24) is 19.2 Å². The van der Waals surface area contributed by atoms with Crippen molar-refractivity contribution in [3.63, 3.8) is 0 Å². The normalized spacial score (nSPS) is 18.2. The summed E-state index contributed by atoms with van der Waals surface area (Å²) < 4.78 is 2.10. The van der Waals surface area contributed by atoms with Crippen LogP contribution in [0.25, 0.3) is 11.7 Å². The number of carbonyl (C=O) groups is 1. The van der Waals surface area contributed by atoms with Crippen LogP contribution in [0.1, 0.15) is 50.2 Å². The number of nitrogens with zero attached hydrogens (tertiary/aromatic N) is 5. The molecule has 2 aliphatic rings. The molecule has 0 aliphatic carbocycles. The summed E-state index contributed by atoms with van der Waals surface area (Å²) in [7, 11) is 0. The van der Waals surface area contributed by atoms with Crippen molar-refractivity contribution in [3.05, 3.63) is 44.7 Å². The summed E-state index contributed by atoms with van der Waals surface area (Å²) in [5.41, 5.74) is 1.75. The van der Waals surface area contributed by atoms with Crippen molar-refractivity contribution >= 4 is 51.7 Å². The third-order valence-electron chi connectivity index (χ3n) is 6.79. The van der Waals surface area contributed by atoms with E-state index >= 15 is 0 Å². The van der Waals surface area contributed by atoms with Gasteiger partial charge in [-0.05, 0) is 31.1 Å². The zero-order valence-electron chi connectivity index (χ0n) is 21.1. The third kappa shape index (κ3) is 5.82. The average molecular weight is 530 g/mol. The van der Waals surface area contributed by atoms with Gasteiger partial charge in [-0.1, -0.05) is 62.7 Å². The number of thiocarbonyl (C=S) groups is 1. The molecule has 8 nitrogen and oxygen atoms in total. The van der Waals surface area contributed by atoms with Crippen LogP contribution in [0.4, 0.5) is 5.82 Å². The largest absolute Gasteiger partial charge is 0.395 e. The Morgan fingerprint density at radius 3 is 2.58 bits per heavy atom. The second-order valence-electron chi connectivity index (χ2n) is 9.34. The van der Waals surface area contributed by atoms with Crippen LogP contribution in [0.15, 0.2) is 28.0 Å². The van der Waals surface area contributed by atoms with Crippen LogP contribution in [0.5, 0.6) is 0 Å². The fraction of sp³-hybridized carbons (Fsp3) is 0.538. The Balaban J connectivity index is 1.66. The standard InChI is InChI=1S/C26H35N5O3S2/c1-3-4-5-6-7-10-31-25(34)21(36-26(31)35)18-20-23(29-14-12-28(13-15-29)16-17-32)27-22-19(2)9-8-11-30(22)24(20)33/h8-9,11,18,32H,3-7,10,12-17H2,1-2H3. The van der Waals surface area contributed by atoms with Gasteiger partial charge in [-0.3, -0.25) is 23.8 Å². The molecule has 0 saturated carbocycles. The fourth-order valence-electron chi connectivity index (χ4n) is 4.69. The highest BCUT2D eigenvalue weighted by molar-refractivity contribution is 8.26. The van der Waals surface area contributed by atoms with Crippen molar-refractivity contribution < 1.29 is 9.90 Å². The van der Waals surface area contributed by atoms with E-state index in [0.29, 0.717) is 52.4 Å². The quantitative estimate of drug-likeness (QED) is 0.285. The first-order valence-electron chi connectivity index (χ1n) is 12.8. The zero-order valence-corrected chi connectivity index (χ0v) is 22.7. The van der Waals surface area contributed by atoms with Gasteiger partial charge in [-0.15, -0.1) is 0 Å². The Kier molecular flexibility index (Phi) is 9.16. The first-order chi connectivity index (χ1) is 17.4. The monoisotopic (exact) mass is 529 g/mol. The van der Waals surface area contributed by atoms with E-state index in [1.54, 1.807) is 21.6 Å². The minimum atomic E-state index is -0.193. The number of aliphatic hydroxyl groups excluding tert-OH is 1. The van der Waals surface area contributed by atoms with E-state index in [0.717, 1.165) is 37.9 Å². The molecule has 1 N–H and O–H groups in total. The average Bonchev–Trinajstić information content (AvgIpc) is 3.14. The second kappa shape index (κ2) is 12.3. The summed E-state index contributed by atoms with van der Waals surface area (Å²) in [6, 6.07) is 3.77. The van der Waals surface area contributed by atoms with Crippen LogP contribution in [-0.2, 0) is 4.79 Å². The van der Waals surface area contributed by atoms with Gasteiger partial charge in [0, 0.05) is 45.5 Å². The first-order valence-corrected chi connectivity index (χ1v) is 14.0. The molecule has 0 unspecified atom stereocenters. The molecular weight excluding hydrogens is 494 g/mol. The number of anilines is 1. The first kappa shape index (κ1) is 26.8. The number of aliphatic hydroxyl groups is 1. The van der Waals surface area contributed by atoms with E-state index in [9.17, 15) is 14.7 Å². The maximum absolute atomic E-state index is 13.7. The molecule has 36 heavy (non-hydrogen) atoms. The number of hydrogen-bond acceptors (Lipinski definition) is 8. The van der Waals surface area contributed by atoms with Crippen LogP contribution in [-0.4, -0.2) is 80.4 Å².